The number of carbonyl (C=O) groups excluding carboxylic acids is 2. The van der Waals surface area contributed by atoms with Crippen molar-refractivity contribution in [3.8, 4) is 23.5 Å². The highest BCUT2D eigenvalue weighted by molar-refractivity contribution is 6.30. The predicted molar refractivity (Wildman–Crippen MR) is 95.9 cm³/mol. The van der Waals surface area contributed by atoms with Gasteiger partial charge in [0.05, 0.1) is 0 Å². The maximum atomic E-state index is 12.6. The Hall–Kier alpha value is -2.37. The molecule has 0 heterocycles. The highest BCUT2D eigenvalue weighted by atomic mass is 35.5. The first-order valence-corrected chi connectivity index (χ1v) is 8.25. The standard InChI is InChI=1S/C21H17ClO2/c1-3-4-16-12-19(23)20(21(16)24)18-11-15(6-5-13(18)2)14-7-9-17(22)10-8-14/h1,5-11,16,20H,4,12H2,2H3. The third kappa shape index (κ3) is 3.00. The van der Waals surface area contributed by atoms with Crippen molar-refractivity contribution < 1.29 is 9.59 Å². The molecule has 3 heteroatoms. The first kappa shape index (κ1) is 16.5. The molecule has 120 valence electrons. The summed E-state index contributed by atoms with van der Waals surface area (Å²) in [6, 6.07) is 13.4. The van der Waals surface area contributed by atoms with Crippen LogP contribution in [0.15, 0.2) is 42.5 Å². The van der Waals surface area contributed by atoms with E-state index in [1.807, 2.05) is 49.4 Å². The summed E-state index contributed by atoms with van der Waals surface area (Å²) in [7, 11) is 0. The van der Waals surface area contributed by atoms with E-state index in [1.165, 1.54) is 0 Å². The zero-order chi connectivity index (χ0) is 17.3. The summed E-state index contributed by atoms with van der Waals surface area (Å²) < 4.78 is 0. The van der Waals surface area contributed by atoms with Crippen molar-refractivity contribution in [3.05, 3.63) is 58.6 Å². The molecular formula is C21H17ClO2. The van der Waals surface area contributed by atoms with Crippen molar-refractivity contribution in [1.82, 2.24) is 0 Å². The molecule has 1 fully saturated rings. The van der Waals surface area contributed by atoms with Gasteiger partial charge in [-0.3, -0.25) is 9.59 Å². The molecule has 2 aromatic rings. The molecule has 0 aliphatic heterocycles. The first-order chi connectivity index (χ1) is 11.5. The van der Waals surface area contributed by atoms with Crippen molar-refractivity contribution in [1.29, 1.82) is 0 Å². The number of Topliss-reactive ketones (excluding diaryl/α,β-unsaturated/α-hetero) is 2. The molecule has 2 atom stereocenters. The zero-order valence-corrected chi connectivity index (χ0v) is 14.1. The molecule has 2 unspecified atom stereocenters. The maximum absolute atomic E-state index is 12.6. The quantitative estimate of drug-likeness (QED) is 0.607. The topological polar surface area (TPSA) is 34.1 Å². The minimum Gasteiger partial charge on any atom is -0.298 e. The molecule has 0 N–H and O–H groups in total. The maximum Gasteiger partial charge on any atom is 0.152 e. The fourth-order valence-corrected chi connectivity index (χ4v) is 3.40. The number of benzene rings is 2. The summed E-state index contributed by atoms with van der Waals surface area (Å²) >= 11 is 5.94. The van der Waals surface area contributed by atoms with Crippen molar-refractivity contribution in [2.75, 3.05) is 0 Å². The minimum atomic E-state index is -0.685. The molecule has 0 spiro atoms. The van der Waals surface area contributed by atoms with E-state index in [4.69, 9.17) is 18.0 Å². The Balaban J connectivity index is 2.01. The Morgan fingerprint density at radius 2 is 1.79 bits per heavy atom. The van der Waals surface area contributed by atoms with Gasteiger partial charge in [-0.2, -0.15) is 0 Å². The van der Waals surface area contributed by atoms with Crippen molar-refractivity contribution >= 4 is 23.2 Å². The van der Waals surface area contributed by atoms with E-state index in [9.17, 15) is 9.59 Å². The van der Waals surface area contributed by atoms with Crippen LogP contribution in [0.4, 0.5) is 0 Å². The van der Waals surface area contributed by atoms with Crippen molar-refractivity contribution in [2.24, 2.45) is 5.92 Å². The molecule has 24 heavy (non-hydrogen) atoms. The van der Waals surface area contributed by atoms with Gasteiger partial charge >= 0.3 is 0 Å². The fraction of sp³-hybridized carbons (Fsp3) is 0.238. The van der Waals surface area contributed by atoms with Crippen LogP contribution in [0, 0.1) is 25.2 Å². The van der Waals surface area contributed by atoms with E-state index in [2.05, 4.69) is 5.92 Å². The molecule has 0 aromatic heterocycles. The van der Waals surface area contributed by atoms with Gasteiger partial charge in [-0.15, -0.1) is 12.3 Å². The summed E-state index contributed by atoms with van der Waals surface area (Å²) in [5.41, 5.74) is 3.70. The smallest absolute Gasteiger partial charge is 0.152 e. The van der Waals surface area contributed by atoms with Gasteiger partial charge in [0.15, 0.2) is 5.78 Å². The van der Waals surface area contributed by atoms with Crippen LogP contribution in [-0.2, 0) is 9.59 Å². The Kier molecular flexibility index (Phi) is 4.55. The number of hydrogen-bond donors (Lipinski definition) is 0. The molecular weight excluding hydrogens is 320 g/mol. The van der Waals surface area contributed by atoms with E-state index in [0.717, 1.165) is 22.3 Å². The van der Waals surface area contributed by atoms with Crippen LogP contribution in [0.1, 0.15) is 29.9 Å². The van der Waals surface area contributed by atoms with Crippen LogP contribution >= 0.6 is 11.6 Å². The van der Waals surface area contributed by atoms with Crippen LogP contribution in [0.2, 0.25) is 5.02 Å². The normalized spacial score (nSPS) is 20.2. The summed E-state index contributed by atoms with van der Waals surface area (Å²) in [6.07, 6.45) is 5.90. The number of hydrogen-bond acceptors (Lipinski definition) is 2. The van der Waals surface area contributed by atoms with Crippen LogP contribution in [0.25, 0.3) is 11.1 Å². The lowest BCUT2D eigenvalue weighted by molar-refractivity contribution is -0.124. The second-order valence-electron chi connectivity index (χ2n) is 6.19. The molecule has 0 bridgehead atoms. The Morgan fingerprint density at radius 3 is 2.46 bits per heavy atom. The number of halogens is 1. The summed E-state index contributed by atoms with van der Waals surface area (Å²) in [5.74, 6) is 1.40. The average Bonchev–Trinajstić information content (AvgIpc) is 2.84. The molecule has 0 saturated heterocycles. The summed E-state index contributed by atoms with van der Waals surface area (Å²) in [5, 5.41) is 0.671. The monoisotopic (exact) mass is 336 g/mol. The summed E-state index contributed by atoms with van der Waals surface area (Å²) in [6.45, 7) is 1.93. The van der Waals surface area contributed by atoms with Crippen LogP contribution in [0.5, 0.6) is 0 Å². The van der Waals surface area contributed by atoms with Crippen LogP contribution < -0.4 is 0 Å². The number of ketones is 2. The van der Waals surface area contributed by atoms with E-state index >= 15 is 0 Å². The van der Waals surface area contributed by atoms with E-state index in [0.29, 0.717) is 11.4 Å². The van der Waals surface area contributed by atoms with Gasteiger partial charge in [-0.25, -0.2) is 0 Å². The van der Waals surface area contributed by atoms with Gasteiger partial charge in [0, 0.05) is 23.8 Å². The Bertz CT molecular complexity index is 843. The van der Waals surface area contributed by atoms with Crippen LogP contribution in [-0.4, -0.2) is 11.6 Å². The molecule has 2 aromatic carbocycles. The second-order valence-corrected chi connectivity index (χ2v) is 6.63. The van der Waals surface area contributed by atoms with Crippen LogP contribution in [0.3, 0.4) is 0 Å². The van der Waals surface area contributed by atoms with Gasteiger partial charge in [0.2, 0.25) is 0 Å². The lowest BCUT2D eigenvalue weighted by Gasteiger charge is -2.14. The third-order valence-corrected chi connectivity index (χ3v) is 4.84. The van der Waals surface area contributed by atoms with Crippen molar-refractivity contribution in [3.63, 3.8) is 0 Å². The van der Waals surface area contributed by atoms with Crippen molar-refractivity contribution in [2.45, 2.75) is 25.7 Å². The van der Waals surface area contributed by atoms with Gasteiger partial charge in [-0.05, 0) is 47.4 Å². The summed E-state index contributed by atoms with van der Waals surface area (Å²) in [4.78, 5) is 25.0. The molecule has 0 radical (unpaired) electrons. The number of terminal acetylenes is 1. The van der Waals surface area contributed by atoms with E-state index in [1.54, 1.807) is 0 Å². The minimum absolute atomic E-state index is 0.0309. The Morgan fingerprint density at radius 1 is 1.12 bits per heavy atom. The van der Waals surface area contributed by atoms with Gasteiger partial charge in [0.1, 0.15) is 11.7 Å². The molecule has 1 saturated carbocycles. The lowest BCUT2D eigenvalue weighted by Crippen LogP contribution is -2.16. The van der Waals surface area contributed by atoms with Gasteiger partial charge in [-0.1, -0.05) is 35.9 Å². The lowest BCUT2D eigenvalue weighted by atomic mass is 9.88. The molecule has 0 amide bonds. The predicted octanol–water partition coefficient (Wildman–Crippen LogP) is 4.58. The molecule has 3 rings (SSSR count). The second kappa shape index (κ2) is 6.63. The Labute approximate surface area is 146 Å². The number of carbonyl (C=O) groups is 2. The van der Waals surface area contributed by atoms with E-state index in [-0.39, 0.29) is 23.9 Å². The molecule has 2 nitrogen and oxygen atoms in total. The average molecular weight is 337 g/mol. The SMILES string of the molecule is C#CCC1CC(=O)C(c2cc(-c3ccc(Cl)cc3)ccc2C)C1=O. The zero-order valence-electron chi connectivity index (χ0n) is 13.4. The largest absolute Gasteiger partial charge is 0.298 e. The fourth-order valence-electron chi connectivity index (χ4n) is 3.27. The number of rotatable bonds is 3. The van der Waals surface area contributed by atoms with E-state index < -0.39 is 5.92 Å². The third-order valence-electron chi connectivity index (χ3n) is 4.59. The first-order valence-electron chi connectivity index (χ1n) is 7.87. The molecule has 1 aliphatic rings. The highest BCUT2D eigenvalue weighted by Gasteiger charge is 2.42. The highest BCUT2D eigenvalue weighted by Crippen LogP contribution is 2.37. The molecule has 1 aliphatic carbocycles. The van der Waals surface area contributed by atoms with Gasteiger partial charge < -0.3 is 0 Å². The number of aryl methyl sites for hydroxylation is 1. The van der Waals surface area contributed by atoms with Gasteiger partial charge in [0.25, 0.3) is 0 Å².